The molecule has 0 aromatic heterocycles. The molecule has 20 heavy (non-hydrogen) atoms. The largest absolute Gasteiger partial charge is 0.379 e. The number of halogens is 1. The number of likely N-dealkylation sites (N-methyl/N-ethyl adjacent to an activating group) is 1. The first-order valence-corrected chi connectivity index (χ1v) is 7.19. The van der Waals surface area contributed by atoms with Gasteiger partial charge in [0.15, 0.2) is 0 Å². The van der Waals surface area contributed by atoms with Crippen LogP contribution in [0.2, 0.25) is 5.02 Å². The van der Waals surface area contributed by atoms with Crippen LogP contribution in [0, 0.1) is 0 Å². The fraction of sp³-hybridized carbons (Fsp3) is 0.467. The lowest BCUT2D eigenvalue weighted by atomic mass is 9.94. The second kappa shape index (κ2) is 5.83. The molecule has 1 atom stereocenters. The minimum Gasteiger partial charge on any atom is -0.379 e. The van der Waals surface area contributed by atoms with Crippen molar-refractivity contribution in [3.63, 3.8) is 0 Å². The Hall–Kier alpha value is -1.55. The maximum atomic E-state index is 12.5. The molecule has 0 spiro atoms. The van der Waals surface area contributed by atoms with E-state index in [2.05, 4.69) is 5.16 Å². The van der Waals surface area contributed by atoms with Crippen molar-refractivity contribution in [1.82, 2.24) is 4.90 Å². The minimum absolute atomic E-state index is 0.0340. The van der Waals surface area contributed by atoms with Crippen LogP contribution in [0.3, 0.4) is 0 Å². The first kappa shape index (κ1) is 14.9. The van der Waals surface area contributed by atoms with Gasteiger partial charge >= 0.3 is 0 Å². The Labute approximate surface area is 124 Å². The zero-order chi connectivity index (χ0) is 14.8. The average molecular weight is 295 g/mol. The van der Waals surface area contributed by atoms with E-state index in [0.717, 1.165) is 11.3 Å². The molecule has 0 saturated heterocycles. The van der Waals surface area contributed by atoms with Crippen molar-refractivity contribution in [3.05, 3.63) is 34.9 Å². The Bertz CT molecular complexity index is 540. The van der Waals surface area contributed by atoms with Gasteiger partial charge in [-0.15, -0.1) is 0 Å². The molecular formula is C15H19ClN2O2. The van der Waals surface area contributed by atoms with Crippen LogP contribution in [-0.2, 0) is 9.63 Å². The molecule has 2 rings (SSSR count). The number of nitrogens with zero attached hydrogens (tertiary/aromatic N) is 2. The second-order valence-corrected chi connectivity index (χ2v) is 5.40. The molecule has 1 heterocycles. The number of benzene rings is 1. The highest BCUT2D eigenvalue weighted by Gasteiger charge is 2.44. The lowest BCUT2D eigenvalue weighted by molar-refractivity contribution is -0.152. The molecule has 1 aromatic rings. The van der Waals surface area contributed by atoms with Crippen molar-refractivity contribution in [3.8, 4) is 0 Å². The van der Waals surface area contributed by atoms with Crippen LogP contribution in [-0.4, -0.2) is 35.2 Å². The molecule has 0 bridgehead atoms. The molecule has 1 aliphatic heterocycles. The number of carbonyl (C=O) groups excluding carboxylic acids is 1. The molecule has 1 aromatic carbocycles. The topological polar surface area (TPSA) is 41.9 Å². The van der Waals surface area contributed by atoms with Gasteiger partial charge in [-0.05, 0) is 26.8 Å². The molecule has 0 fully saturated rings. The second-order valence-electron chi connectivity index (χ2n) is 4.99. The Kier molecular flexibility index (Phi) is 4.33. The van der Waals surface area contributed by atoms with Crippen molar-refractivity contribution in [1.29, 1.82) is 0 Å². The van der Waals surface area contributed by atoms with Gasteiger partial charge in [0.1, 0.15) is 0 Å². The van der Waals surface area contributed by atoms with Gasteiger partial charge in [-0.25, -0.2) is 0 Å². The summed E-state index contributed by atoms with van der Waals surface area (Å²) in [6, 6.07) is 7.45. The third-order valence-corrected chi connectivity index (χ3v) is 3.88. The Balaban J connectivity index is 2.18. The van der Waals surface area contributed by atoms with Crippen LogP contribution in [0.15, 0.2) is 29.4 Å². The lowest BCUT2D eigenvalue weighted by Crippen LogP contribution is -2.47. The maximum absolute atomic E-state index is 12.5. The highest BCUT2D eigenvalue weighted by molar-refractivity contribution is 6.34. The molecule has 0 radical (unpaired) electrons. The predicted octanol–water partition coefficient (Wildman–Crippen LogP) is 3.09. The molecular weight excluding hydrogens is 276 g/mol. The molecule has 1 aliphatic rings. The minimum atomic E-state index is -0.930. The summed E-state index contributed by atoms with van der Waals surface area (Å²) in [4.78, 5) is 19.7. The lowest BCUT2D eigenvalue weighted by Gasteiger charge is -2.28. The summed E-state index contributed by atoms with van der Waals surface area (Å²) in [7, 11) is 0. The van der Waals surface area contributed by atoms with Crippen LogP contribution in [0.1, 0.15) is 32.8 Å². The molecule has 5 heteroatoms. The third kappa shape index (κ3) is 2.66. The zero-order valence-electron chi connectivity index (χ0n) is 12.0. The Morgan fingerprint density at radius 1 is 1.40 bits per heavy atom. The molecule has 0 aliphatic carbocycles. The van der Waals surface area contributed by atoms with Crippen LogP contribution < -0.4 is 0 Å². The Morgan fingerprint density at radius 2 is 2.05 bits per heavy atom. The van der Waals surface area contributed by atoms with Crippen molar-refractivity contribution >= 4 is 23.2 Å². The summed E-state index contributed by atoms with van der Waals surface area (Å²) in [6.07, 6.45) is 0.437. The SMILES string of the molecule is CCN(CC)C(=O)[C@@]1(C)CC(c2ccccc2Cl)=NO1. The van der Waals surface area contributed by atoms with Gasteiger partial charge in [-0.2, -0.15) is 0 Å². The van der Waals surface area contributed by atoms with E-state index in [1.165, 1.54) is 0 Å². The van der Waals surface area contributed by atoms with E-state index < -0.39 is 5.60 Å². The normalized spacial score (nSPS) is 21.3. The number of carbonyl (C=O) groups is 1. The summed E-state index contributed by atoms with van der Waals surface area (Å²) < 4.78 is 0. The van der Waals surface area contributed by atoms with E-state index in [1.807, 2.05) is 32.0 Å². The third-order valence-electron chi connectivity index (χ3n) is 3.55. The van der Waals surface area contributed by atoms with Gasteiger partial charge in [0, 0.05) is 30.1 Å². The number of oxime groups is 1. The monoisotopic (exact) mass is 294 g/mol. The van der Waals surface area contributed by atoms with Crippen molar-refractivity contribution in [2.45, 2.75) is 32.8 Å². The van der Waals surface area contributed by atoms with E-state index in [-0.39, 0.29) is 5.91 Å². The molecule has 1 amide bonds. The van der Waals surface area contributed by atoms with Gasteiger partial charge in [0.05, 0.1) is 5.71 Å². The van der Waals surface area contributed by atoms with Gasteiger partial charge in [-0.1, -0.05) is 35.0 Å². The average Bonchev–Trinajstić information content (AvgIpc) is 2.84. The van der Waals surface area contributed by atoms with E-state index in [9.17, 15) is 4.79 Å². The van der Waals surface area contributed by atoms with Crippen molar-refractivity contribution < 1.29 is 9.63 Å². The van der Waals surface area contributed by atoms with Gasteiger partial charge in [0.25, 0.3) is 5.91 Å². The zero-order valence-corrected chi connectivity index (χ0v) is 12.8. The number of hydrogen-bond acceptors (Lipinski definition) is 3. The first-order chi connectivity index (χ1) is 9.51. The van der Waals surface area contributed by atoms with Crippen LogP contribution in [0.25, 0.3) is 0 Å². The van der Waals surface area contributed by atoms with Crippen LogP contribution >= 0.6 is 11.6 Å². The first-order valence-electron chi connectivity index (χ1n) is 6.81. The van der Waals surface area contributed by atoms with Gasteiger partial charge < -0.3 is 9.74 Å². The summed E-state index contributed by atoms with van der Waals surface area (Å²) >= 11 is 6.16. The number of amides is 1. The Morgan fingerprint density at radius 3 is 2.65 bits per heavy atom. The molecule has 0 saturated carbocycles. The molecule has 0 N–H and O–H groups in total. The van der Waals surface area contributed by atoms with Crippen molar-refractivity contribution in [2.75, 3.05) is 13.1 Å². The fourth-order valence-electron chi connectivity index (χ4n) is 2.34. The summed E-state index contributed by atoms with van der Waals surface area (Å²) in [5.74, 6) is -0.0340. The standard InChI is InChI=1S/C15H19ClN2O2/c1-4-18(5-2)14(19)15(3)10-13(17-20-15)11-8-6-7-9-12(11)16/h6-9H,4-5,10H2,1-3H3/t15-/m1/s1. The number of rotatable bonds is 4. The summed E-state index contributed by atoms with van der Waals surface area (Å²) in [5, 5.41) is 4.70. The molecule has 4 nitrogen and oxygen atoms in total. The highest BCUT2D eigenvalue weighted by atomic mass is 35.5. The van der Waals surface area contributed by atoms with E-state index in [1.54, 1.807) is 17.9 Å². The van der Waals surface area contributed by atoms with Crippen LogP contribution in [0.5, 0.6) is 0 Å². The fourth-order valence-corrected chi connectivity index (χ4v) is 2.58. The number of hydrogen-bond donors (Lipinski definition) is 0. The summed E-state index contributed by atoms with van der Waals surface area (Å²) in [5.41, 5.74) is 0.615. The van der Waals surface area contributed by atoms with Gasteiger partial charge in [-0.3, -0.25) is 4.79 Å². The van der Waals surface area contributed by atoms with Gasteiger partial charge in [0.2, 0.25) is 5.60 Å². The molecule has 0 unspecified atom stereocenters. The summed E-state index contributed by atoms with van der Waals surface area (Å²) in [6.45, 7) is 7.01. The van der Waals surface area contributed by atoms with E-state index >= 15 is 0 Å². The predicted molar refractivity (Wildman–Crippen MR) is 80.0 cm³/mol. The molecule has 108 valence electrons. The van der Waals surface area contributed by atoms with Crippen molar-refractivity contribution in [2.24, 2.45) is 5.16 Å². The quantitative estimate of drug-likeness (QED) is 0.856. The maximum Gasteiger partial charge on any atom is 0.269 e. The highest BCUT2D eigenvalue weighted by Crippen LogP contribution is 2.30. The smallest absolute Gasteiger partial charge is 0.269 e. The van der Waals surface area contributed by atoms with E-state index in [4.69, 9.17) is 16.4 Å². The van der Waals surface area contributed by atoms with Crippen LogP contribution in [0.4, 0.5) is 0 Å². The van der Waals surface area contributed by atoms with E-state index in [0.29, 0.717) is 24.5 Å².